The van der Waals surface area contributed by atoms with E-state index < -0.39 is 0 Å². The summed E-state index contributed by atoms with van der Waals surface area (Å²) in [5.41, 5.74) is 1.21. The zero-order chi connectivity index (χ0) is 17.1. The molecule has 2 aliphatic rings. The summed E-state index contributed by atoms with van der Waals surface area (Å²) in [5, 5.41) is 2.98. The van der Waals surface area contributed by atoms with Gasteiger partial charge in [0, 0.05) is 12.5 Å². The fourth-order valence-electron chi connectivity index (χ4n) is 3.59. The molecule has 0 aliphatic carbocycles. The van der Waals surface area contributed by atoms with Gasteiger partial charge in [-0.05, 0) is 56.1 Å². The number of rotatable bonds is 5. The Bertz CT molecular complexity index is 734. The maximum Gasteiger partial charge on any atom is 0.287 e. The van der Waals surface area contributed by atoms with Crippen molar-refractivity contribution in [1.82, 2.24) is 10.2 Å². The van der Waals surface area contributed by atoms with Crippen LogP contribution in [0.3, 0.4) is 0 Å². The van der Waals surface area contributed by atoms with Gasteiger partial charge in [0.25, 0.3) is 5.91 Å². The van der Waals surface area contributed by atoms with Crippen molar-refractivity contribution < 1.29 is 13.9 Å². The second kappa shape index (κ2) is 7.31. The lowest BCUT2D eigenvalue weighted by atomic mass is 9.97. The van der Waals surface area contributed by atoms with Gasteiger partial charge < -0.3 is 14.5 Å². The van der Waals surface area contributed by atoms with Crippen LogP contribution in [0.4, 0.5) is 0 Å². The fraction of sp³-hybridized carbons (Fsp3) is 0.450. The van der Waals surface area contributed by atoms with Crippen molar-refractivity contribution in [1.29, 1.82) is 0 Å². The van der Waals surface area contributed by atoms with E-state index in [2.05, 4.69) is 16.3 Å². The fourth-order valence-corrected chi connectivity index (χ4v) is 3.59. The van der Waals surface area contributed by atoms with E-state index in [4.69, 9.17) is 9.15 Å². The highest BCUT2D eigenvalue weighted by Crippen LogP contribution is 2.26. The molecule has 1 atom stereocenters. The molecule has 1 N–H and O–H groups in total. The molecule has 0 unspecified atom stereocenters. The van der Waals surface area contributed by atoms with Crippen LogP contribution in [0.2, 0.25) is 0 Å². The minimum absolute atomic E-state index is 0.147. The van der Waals surface area contributed by atoms with Crippen LogP contribution in [0, 0.1) is 5.92 Å². The molecular formula is C20H24N2O3. The largest absolute Gasteiger partial charge is 0.493 e. The van der Waals surface area contributed by atoms with E-state index in [9.17, 15) is 4.79 Å². The van der Waals surface area contributed by atoms with Crippen molar-refractivity contribution in [2.75, 3.05) is 26.2 Å². The van der Waals surface area contributed by atoms with Gasteiger partial charge in [-0.25, -0.2) is 0 Å². The van der Waals surface area contributed by atoms with Gasteiger partial charge in [0.2, 0.25) is 0 Å². The molecule has 0 saturated carbocycles. The van der Waals surface area contributed by atoms with Gasteiger partial charge in [0.15, 0.2) is 5.76 Å². The maximum absolute atomic E-state index is 12.3. The Kier molecular flexibility index (Phi) is 4.74. The van der Waals surface area contributed by atoms with Gasteiger partial charge >= 0.3 is 0 Å². The molecule has 0 radical (unpaired) electrons. The number of amides is 1. The number of ether oxygens (including phenoxy) is 1. The first-order valence-electron chi connectivity index (χ1n) is 9.08. The van der Waals surface area contributed by atoms with Crippen molar-refractivity contribution in [3.05, 3.63) is 53.5 Å². The molecule has 1 fully saturated rings. The molecule has 2 aromatic rings. The summed E-state index contributed by atoms with van der Waals surface area (Å²) in [4.78, 5) is 14.7. The van der Waals surface area contributed by atoms with E-state index in [0.29, 0.717) is 18.9 Å². The molecule has 25 heavy (non-hydrogen) atoms. The number of nitrogens with one attached hydrogen (secondary N) is 1. The third kappa shape index (κ3) is 3.87. The number of carbonyl (C=O) groups excluding carboxylic acids is 1. The number of carbonyl (C=O) groups is 1. The summed E-state index contributed by atoms with van der Waals surface area (Å²) in [6.07, 6.45) is 3.43. The molecule has 0 bridgehead atoms. The third-order valence-electron chi connectivity index (χ3n) is 4.97. The Hall–Kier alpha value is -2.27. The molecule has 5 heteroatoms. The van der Waals surface area contributed by atoms with Crippen molar-refractivity contribution in [3.63, 3.8) is 0 Å². The average Bonchev–Trinajstić information content (AvgIpc) is 3.32. The van der Waals surface area contributed by atoms with Crippen molar-refractivity contribution >= 4 is 5.91 Å². The smallest absolute Gasteiger partial charge is 0.287 e. The molecule has 0 spiro atoms. The van der Waals surface area contributed by atoms with Crippen LogP contribution in [0.5, 0.6) is 5.75 Å². The van der Waals surface area contributed by atoms with E-state index in [-0.39, 0.29) is 11.8 Å². The molecular weight excluding hydrogens is 316 g/mol. The van der Waals surface area contributed by atoms with Crippen LogP contribution >= 0.6 is 0 Å². The van der Waals surface area contributed by atoms with Crippen molar-refractivity contribution in [2.45, 2.75) is 25.8 Å². The zero-order valence-corrected chi connectivity index (χ0v) is 14.4. The lowest BCUT2D eigenvalue weighted by molar-refractivity contribution is 0.0908. The summed E-state index contributed by atoms with van der Waals surface area (Å²) in [6, 6.07) is 11.8. The summed E-state index contributed by atoms with van der Waals surface area (Å²) >= 11 is 0. The minimum Gasteiger partial charge on any atom is -0.493 e. The van der Waals surface area contributed by atoms with Crippen LogP contribution in [-0.2, 0) is 13.0 Å². The van der Waals surface area contributed by atoms with Gasteiger partial charge in [0.1, 0.15) is 11.5 Å². The number of hydrogen-bond acceptors (Lipinski definition) is 4. The maximum atomic E-state index is 12.3. The predicted octanol–water partition coefficient (Wildman–Crippen LogP) is 2.86. The monoisotopic (exact) mass is 340 g/mol. The standard InChI is InChI=1S/C20H24N2O3/c23-20(19-8-7-17(25-19)13-22-9-3-4-10-22)21-12-15-11-16-5-1-2-6-18(16)24-14-15/h1-2,5-8,15H,3-4,9-14H2,(H,21,23)/t15-/m0/s1. The lowest BCUT2D eigenvalue weighted by Crippen LogP contribution is -2.34. The van der Waals surface area contributed by atoms with E-state index in [1.165, 1.54) is 18.4 Å². The highest BCUT2D eigenvalue weighted by molar-refractivity contribution is 5.91. The molecule has 1 saturated heterocycles. The summed E-state index contributed by atoms with van der Waals surface area (Å²) in [6.45, 7) is 4.25. The third-order valence-corrected chi connectivity index (χ3v) is 4.97. The normalized spacial score (nSPS) is 20.1. The molecule has 1 aromatic heterocycles. The molecule has 132 valence electrons. The highest BCUT2D eigenvalue weighted by atomic mass is 16.5. The van der Waals surface area contributed by atoms with E-state index in [0.717, 1.165) is 37.6 Å². The number of fused-ring (bicyclic) bond motifs is 1. The van der Waals surface area contributed by atoms with Crippen LogP contribution in [0.1, 0.15) is 34.7 Å². The van der Waals surface area contributed by atoms with Crippen LogP contribution in [-0.4, -0.2) is 37.0 Å². The number of nitrogens with zero attached hydrogens (tertiary/aromatic N) is 1. The molecule has 1 aromatic carbocycles. The Balaban J connectivity index is 1.28. The Morgan fingerprint density at radius 2 is 2.00 bits per heavy atom. The lowest BCUT2D eigenvalue weighted by Gasteiger charge is -2.25. The van der Waals surface area contributed by atoms with Gasteiger partial charge in [-0.1, -0.05) is 18.2 Å². The Morgan fingerprint density at radius 1 is 1.16 bits per heavy atom. The van der Waals surface area contributed by atoms with Crippen LogP contribution < -0.4 is 10.1 Å². The summed E-state index contributed by atoms with van der Waals surface area (Å²) in [7, 11) is 0. The number of likely N-dealkylation sites (tertiary alicyclic amines) is 1. The van der Waals surface area contributed by atoms with Gasteiger partial charge in [-0.3, -0.25) is 9.69 Å². The number of benzene rings is 1. The van der Waals surface area contributed by atoms with E-state index in [1.54, 1.807) is 6.07 Å². The second-order valence-electron chi connectivity index (χ2n) is 6.95. The molecule has 4 rings (SSSR count). The van der Waals surface area contributed by atoms with Crippen LogP contribution in [0.15, 0.2) is 40.8 Å². The van der Waals surface area contributed by atoms with Gasteiger partial charge in [0.05, 0.1) is 13.2 Å². The molecule has 3 heterocycles. The highest BCUT2D eigenvalue weighted by Gasteiger charge is 2.21. The van der Waals surface area contributed by atoms with E-state index >= 15 is 0 Å². The topological polar surface area (TPSA) is 54.7 Å². The Labute approximate surface area is 148 Å². The number of para-hydroxylation sites is 1. The predicted molar refractivity (Wildman–Crippen MR) is 94.7 cm³/mol. The summed E-state index contributed by atoms with van der Waals surface area (Å²) in [5.74, 6) is 2.36. The SMILES string of the molecule is O=C(NC[C@H]1COc2ccccc2C1)c1ccc(CN2CCCC2)o1. The quantitative estimate of drug-likeness (QED) is 0.909. The van der Waals surface area contributed by atoms with Crippen molar-refractivity contribution in [3.8, 4) is 5.75 Å². The Morgan fingerprint density at radius 3 is 2.88 bits per heavy atom. The molecule has 1 amide bonds. The summed E-state index contributed by atoms with van der Waals surface area (Å²) < 4.78 is 11.5. The number of hydrogen-bond donors (Lipinski definition) is 1. The second-order valence-corrected chi connectivity index (χ2v) is 6.95. The first-order chi connectivity index (χ1) is 12.3. The minimum atomic E-state index is -0.147. The number of furan rings is 1. The first kappa shape index (κ1) is 16.2. The van der Waals surface area contributed by atoms with Gasteiger partial charge in [-0.2, -0.15) is 0 Å². The first-order valence-corrected chi connectivity index (χ1v) is 9.08. The van der Waals surface area contributed by atoms with Crippen LogP contribution in [0.25, 0.3) is 0 Å². The molecule has 2 aliphatic heterocycles. The van der Waals surface area contributed by atoms with Gasteiger partial charge in [-0.15, -0.1) is 0 Å². The average molecular weight is 340 g/mol. The molecule has 5 nitrogen and oxygen atoms in total. The van der Waals surface area contributed by atoms with Crippen molar-refractivity contribution in [2.24, 2.45) is 5.92 Å². The zero-order valence-electron chi connectivity index (χ0n) is 14.4. The van der Waals surface area contributed by atoms with E-state index in [1.807, 2.05) is 24.3 Å².